The second-order valence-corrected chi connectivity index (χ2v) is 19.0. The number of benzene rings is 3. The maximum atomic E-state index is 15.5. The zero-order valence-electron chi connectivity index (χ0n) is 33.2. The molecule has 8 heteroatoms. The lowest BCUT2D eigenvalue weighted by Gasteiger charge is -2.71. The van der Waals surface area contributed by atoms with Crippen LogP contribution in [0.25, 0.3) is 11.1 Å². The summed E-state index contributed by atoms with van der Waals surface area (Å²) in [5.41, 5.74) is 1.15. The third-order valence-corrected chi connectivity index (χ3v) is 16.4. The number of fused-ring (bicyclic) bond motifs is 1. The van der Waals surface area contributed by atoms with Gasteiger partial charge in [-0.05, 0) is 115 Å². The number of aliphatic hydroxyl groups is 2. The van der Waals surface area contributed by atoms with E-state index >= 15 is 4.79 Å². The van der Waals surface area contributed by atoms with Crippen LogP contribution in [-0.2, 0) is 6.42 Å². The topological polar surface area (TPSA) is 99.1 Å². The quantitative estimate of drug-likeness (QED) is 0.110. The molecule has 3 N–H and O–H groups in total. The van der Waals surface area contributed by atoms with Crippen LogP contribution >= 0.6 is 11.3 Å². The third-order valence-electron chi connectivity index (χ3n) is 15.5. The van der Waals surface area contributed by atoms with E-state index in [9.17, 15) is 15.0 Å². The van der Waals surface area contributed by atoms with Gasteiger partial charge in [-0.15, -0.1) is 11.3 Å². The van der Waals surface area contributed by atoms with Gasteiger partial charge < -0.3 is 25.2 Å². The zero-order valence-corrected chi connectivity index (χ0v) is 34.1. The van der Waals surface area contributed by atoms with Crippen molar-refractivity contribution in [2.24, 2.45) is 33.5 Å². The summed E-state index contributed by atoms with van der Waals surface area (Å²) in [5, 5.41) is 29.6. The number of thiophene rings is 1. The Morgan fingerprint density at radius 1 is 0.860 bits per heavy atom. The Hall–Kier alpha value is -4.50. The first-order valence-electron chi connectivity index (χ1n) is 20.7. The Balaban J connectivity index is 1.10. The smallest absolute Gasteiger partial charge is 0.321 e. The van der Waals surface area contributed by atoms with Crippen LogP contribution in [0.15, 0.2) is 120 Å². The van der Waals surface area contributed by atoms with E-state index in [0.29, 0.717) is 42.8 Å². The highest BCUT2D eigenvalue weighted by Gasteiger charge is 2.74. The number of hydrogen-bond acceptors (Lipinski definition) is 6. The van der Waals surface area contributed by atoms with E-state index < -0.39 is 27.9 Å². The molecule has 2 spiro atoms. The maximum Gasteiger partial charge on any atom is 0.321 e. The van der Waals surface area contributed by atoms with Crippen LogP contribution in [0.5, 0.6) is 5.75 Å². The van der Waals surface area contributed by atoms with Crippen LogP contribution in [0.1, 0.15) is 74.0 Å². The first kappa shape index (κ1) is 38.0. The first-order valence-corrected chi connectivity index (χ1v) is 21.6. The van der Waals surface area contributed by atoms with Crippen molar-refractivity contribution < 1.29 is 24.5 Å². The van der Waals surface area contributed by atoms with Gasteiger partial charge in [-0.25, -0.2) is 4.79 Å². The predicted octanol–water partition coefficient (Wildman–Crippen LogP) is 9.97. The van der Waals surface area contributed by atoms with Crippen LogP contribution in [-0.4, -0.2) is 58.8 Å². The normalized spacial score (nSPS) is 33.4. The number of hydrogen-bond donors (Lipinski definition) is 3. The highest BCUT2D eigenvalue weighted by molar-refractivity contribution is 7.09. The monoisotopic (exact) mass is 782 g/mol. The number of carbonyl (C=O) groups excluding carboxylic acids is 2. The zero-order chi connectivity index (χ0) is 39.6. The second-order valence-electron chi connectivity index (χ2n) is 18.0. The van der Waals surface area contributed by atoms with E-state index in [0.717, 1.165) is 48.8 Å². The fourth-order valence-electron chi connectivity index (χ4n) is 12.4. The van der Waals surface area contributed by atoms with Crippen molar-refractivity contribution >= 4 is 28.8 Å². The molecule has 0 radical (unpaired) electrons. The van der Waals surface area contributed by atoms with Crippen molar-refractivity contribution in [2.75, 3.05) is 25.5 Å². The number of nitrogens with one attached hydrogen (secondary N) is 1. The molecule has 10 rings (SSSR count). The molecule has 1 heterocycles. The number of aliphatic hydroxyl groups excluding tert-OH is 1. The van der Waals surface area contributed by atoms with Crippen molar-refractivity contribution in [3.8, 4) is 16.9 Å². The van der Waals surface area contributed by atoms with Gasteiger partial charge in [0.15, 0.2) is 5.78 Å². The number of ether oxygens (including phenoxy) is 1. The van der Waals surface area contributed by atoms with Crippen LogP contribution in [0.3, 0.4) is 0 Å². The van der Waals surface area contributed by atoms with Gasteiger partial charge in [0.05, 0.1) is 25.4 Å². The molecule has 57 heavy (non-hydrogen) atoms. The Labute approximate surface area is 340 Å². The summed E-state index contributed by atoms with van der Waals surface area (Å²) in [5.74, 6) is 0.891. The predicted molar refractivity (Wildman–Crippen MR) is 226 cm³/mol. The number of urea groups is 1. The van der Waals surface area contributed by atoms with E-state index in [1.54, 1.807) is 18.4 Å². The molecule has 7 nitrogen and oxygen atoms in total. The van der Waals surface area contributed by atoms with Gasteiger partial charge >= 0.3 is 6.03 Å². The molecule has 1 aromatic heterocycles. The first-order chi connectivity index (χ1) is 27.5. The van der Waals surface area contributed by atoms with Crippen LogP contribution < -0.4 is 10.1 Å². The van der Waals surface area contributed by atoms with Gasteiger partial charge in [-0.1, -0.05) is 92.7 Å². The fraction of sp³-hybridized carbons (Fsp3) is 0.429. The van der Waals surface area contributed by atoms with Crippen LogP contribution in [0, 0.1) is 33.5 Å². The molecule has 8 atom stereocenters. The summed E-state index contributed by atoms with van der Waals surface area (Å²) in [4.78, 5) is 32.8. The Bertz CT molecular complexity index is 2220. The molecular weight excluding hydrogens is 729 g/mol. The van der Waals surface area contributed by atoms with Gasteiger partial charge in [-0.2, -0.15) is 0 Å². The average molecular weight is 783 g/mol. The van der Waals surface area contributed by atoms with Crippen molar-refractivity contribution in [1.82, 2.24) is 4.90 Å². The average Bonchev–Trinajstić information content (AvgIpc) is 3.85. The highest BCUT2D eigenvalue weighted by Crippen LogP contribution is 2.78. The van der Waals surface area contributed by atoms with Gasteiger partial charge in [0.1, 0.15) is 5.75 Å². The fourth-order valence-corrected chi connectivity index (χ4v) is 13.1. The number of amides is 2. The Kier molecular flexibility index (Phi) is 9.41. The number of nitrogens with zero attached hydrogens (tertiary/aromatic N) is 1. The SMILES string of the molecule is COc1ccc(NC(=O)N(CCc2cccs2)C[C@]2(O)CC[C@H]3[C@]45C=C[C@@]6(C=C4C(=O)c4ccccc4-c4ccccc4)CC(O)CC[C@]6(C)[C@H]5CC[C@@]32C)cc1. The van der Waals surface area contributed by atoms with Crippen molar-refractivity contribution in [3.05, 3.63) is 131 Å². The summed E-state index contributed by atoms with van der Waals surface area (Å²) in [6.07, 6.45) is 12.4. The second kappa shape index (κ2) is 14.1. The largest absolute Gasteiger partial charge is 0.497 e. The van der Waals surface area contributed by atoms with E-state index in [-0.39, 0.29) is 35.6 Å². The third kappa shape index (κ3) is 5.88. The molecule has 3 saturated carbocycles. The number of Topliss-reactive ketones (excluding diaryl/α,β-unsaturated/α-hetero) is 1. The van der Waals surface area contributed by atoms with E-state index in [1.807, 2.05) is 77.7 Å². The molecule has 2 bridgehead atoms. The lowest BCUT2D eigenvalue weighted by atomic mass is 9.32. The number of allylic oxidation sites excluding steroid dienone is 4. The number of methoxy groups -OCH3 is 1. The maximum absolute atomic E-state index is 15.5. The summed E-state index contributed by atoms with van der Waals surface area (Å²) >= 11 is 1.68. The molecule has 1 unspecified atom stereocenters. The number of anilines is 1. The van der Waals surface area contributed by atoms with Gasteiger partial charge in [0, 0.05) is 44.5 Å². The lowest BCUT2D eigenvalue weighted by Crippen LogP contribution is -2.67. The van der Waals surface area contributed by atoms with Crippen LogP contribution in [0.2, 0.25) is 0 Å². The molecule has 2 amide bonds. The molecule has 6 aliphatic carbocycles. The van der Waals surface area contributed by atoms with Gasteiger partial charge in [0.2, 0.25) is 0 Å². The summed E-state index contributed by atoms with van der Waals surface area (Å²) < 4.78 is 5.34. The van der Waals surface area contributed by atoms with Gasteiger partial charge in [0.25, 0.3) is 0 Å². The summed E-state index contributed by atoms with van der Waals surface area (Å²) in [6, 6.07) is 29.3. The number of carbonyl (C=O) groups is 2. The number of ketones is 1. The van der Waals surface area contributed by atoms with E-state index in [1.165, 1.54) is 4.88 Å². The minimum atomic E-state index is -1.19. The summed E-state index contributed by atoms with van der Waals surface area (Å²) in [6.45, 7) is 5.31. The molecule has 296 valence electrons. The van der Waals surface area contributed by atoms with E-state index in [2.05, 4.69) is 61.0 Å². The highest BCUT2D eigenvalue weighted by atomic mass is 32.1. The molecule has 0 aliphatic heterocycles. The van der Waals surface area contributed by atoms with Crippen molar-refractivity contribution in [2.45, 2.75) is 76.9 Å². The minimum Gasteiger partial charge on any atom is -0.497 e. The lowest BCUT2D eigenvalue weighted by molar-refractivity contribution is -0.174. The summed E-state index contributed by atoms with van der Waals surface area (Å²) in [7, 11) is 1.62. The Morgan fingerprint density at radius 3 is 2.33 bits per heavy atom. The molecule has 3 aromatic carbocycles. The number of rotatable bonds is 10. The Morgan fingerprint density at radius 2 is 1.58 bits per heavy atom. The molecule has 4 aromatic rings. The molecular formula is C49H54N2O5S. The minimum absolute atomic E-state index is 0.0325. The molecule has 3 fully saturated rings. The van der Waals surface area contributed by atoms with Crippen molar-refractivity contribution in [1.29, 1.82) is 0 Å². The van der Waals surface area contributed by atoms with Crippen molar-refractivity contribution in [3.63, 3.8) is 0 Å². The molecule has 0 saturated heterocycles. The molecule has 6 aliphatic rings. The van der Waals surface area contributed by atoms with Crippen LogP contribution in [0.4, 0.5) is 10.5 Å². The standard InChI is InChI=1S/C49H54N2O5S/c1-45-23-19-35(52)30-47(45)26-27-49(40(31-47)43(53)39-14-8-7-13-38(39)33-10-5-4-6-11-33)41(45)20-24-46(2)42(49)21-25-48(46,55)32-51(28-22-37-12-9-29-57-37)44(54)50-34-15-17-36(56-3)18-16-34/h4-18,26-27,29,31,35,41-42,52,55H,19-25,28,30,32H2,1-3H3,(H,50,54)/t35?,41-,42-,45-,46+,47+,48-,49-/m1/s1. The van der Waals surface area contributed by atoms with Gasteiger partial charge in [-0.3, -0.25) is 4.79 Å². The van der Waals surface area contributed by atoms with E-state index in [4.69, 9.17) is 4.74 Å².